The number of sulfonamides is 1. The van der Waals surface area contributed by atoms with E-state index in [9.17, 15) is 13.2 Å². The average molecular weight is 442 g/mol. The smallest absolute Gasteiger partial charge is 0.243 e. The van der Waals surface area contributed by atoms with Crippen LogP contribution in [-0.4, -0.2) is 38.4 Å². The molecule has 0 spiro atoms. The molecule has 4 rings (SSSR count). The zero-order valence-electron chi connectivity index (χ0n) is 16.9. The van der Waals surface area contributed by atoms with E-state index in [1.54, 1.807) is 42.5 Å². The Labute approximate surface area is 180 Å². The highest BCUT2D eigenvalue weighted by Crippen LogP contribution is 2.32. The molecule has 2 aromatic carbocycles. The summed E-state index contributed by atoms with van der Waals surface area (Å²) in [5.41, 5.74) is 1.29. The van der Waals surface area contributed by atoms with Crippen molar-refractivity contribution in [3.05, 3.63) is 72.2 Å². The molecule has 0 saturated heterocycles. The Hall–Kier alpha value is -3.30. The van der Waals surface area contributed by atoms with E-state index in [2.05, 4.69) is 5.32 Å². The van der Waals surface area contributed by atoms with Crippen LogP contribution in [0.5, 0.6) is 11.5 Å². The van der Waals surface area contributed by atoms with Crippen molar-refractivity contribution in [3.8, 4) is 11.5 Å². The molecule has 0 fully saturated rings. The van der Waals surface area contributed by atoms with Gasteiger partial charge in [-0.05, 0) is 48.9 Å². The molecule has 2 heterocycles. The predicted molar refractivity (Wildman–Crippen MR) is 114 cm³/mol. The van der Waals surface area contributed by atoms with Crippen molar-refractivity contribution in [1.29, 1.82) is 0 Å². The van der Waals surface area contributed by atoms with Crippen LogP contribution in [0.15, 0.2) is 70.2 Å². The summed E-state index contributed by atoms with van der Waals surface area (Å²) in [4.78, 5) is 12.9. The molecule has 31 heavy (non-hydrogen) atoms. The highest BCUT2D eigenvalue weighted by molar-refractivity contribution is 7.89. The van der Waals surface area contributed by atoms with Gasteiger partial charge < -0.3 is 19.2 Å². The molecule has 0 saturated carbocycles. The van der Waals surface area contributed by atoms with Gasteiger partial charge in [0.15, 0.2) is 11.5 Å². The van der Waals surface area contributed by atoms with Gasteiger partial charge in [-0.3, -0.25) is 4.79 Å². The lowest BCUT2D eigenvalue weighted by atomic mass is 10.2. The van der Waals surface area contributed by atoms with Crippen LogP contribution in [0, 0.1) is 6.92 Å². The summed E-state index contributed by atoms with van der Waals surface area (Å²) >= 11 is 0. The van der Waals surface area contributed by atoms with Gasteiger partial charge in [0, 0.05) is 11.8 Å². The molecule has 0 bridgehead atoms. The number of aryl methyl sites for hydroxylation is 1. The number of amides is 1. The first-order chi connectivity index (χ1) is 14.9. The molecule has 162 valence electrons. The van der Waals surface area contributed by atoms with Crippen LogP contribution in [0.3, 0.4) is 0 Å². The largest absolute Gasteiger partial charge is 0.486 e. The van der Waals surface area contributed by atoms with Crippen molar-refractivity contribution in [2.45, 2.75) is 18.4 Å². The Bertz CT molecular complexity index is 1170. The lowest BCUT2D eigenvalue weighted by Crippen LogP contribution is -2.37. The van der Waals surface area contributed by atoms with Gasteiger partial charge in [0.25, 0.3) is 0 Å². The molecule has 0 aliphatic carbocycles. The molecule has 9 heteroatoms. The summed E-state index contributed by atoms with van der Waals surface area (Å²) in [6.45, 7) is 2.25. The minimum absolute atomic E-state index is 0.0716. The summed E-state index contributed by atoms with van der Waals surface area (Å²) in [6, 6.07) is 14.9. The van der Waals surface area contributed by atoms with Crippen molar-refractivity contribution >= 4 is 21.6 Å². The van der Waals surface area contributed by atoms with Crippen molar-refractivity contribution in [2.75, 3.05) is 25.1 Å². The molecule has 0 radical (unpaired) electrons. The number of fused-ring (bicyclic) bond motifs is 1. The number of carbonyl (C=O) groups excluding carboxylic acids is 1. The van der Waals surface area contributed by atoms with Crippen LogP contribution >= 0.6 is 0 Å². The third kappa shape index (κ3) is 4.89. The number of anilines is 1. The normalized spacial score (nSPS) is 13.2. The summed E-state index contributed by atoms with van der Waals surface area (Å²) < 4.78 is 43.9. The molecular weight excluding hydrogens is 420 g/mol. The van der Waals surface area contributed by atoms with Gasteiger partial charge in [-0.1, -0.05) is 12.1 Å². The van der Waals surface area contributed by atoms with Crippen LogP contribution in [0.25, 0.3) is 0 Å². The SMILES string of the molecule is Cc1cccc(S(=O)(=O)N(CC(=O)Nc2ccc3c(c2)OCCO3)Cc2ccco2)c1. The van der Waals surface area contributed by atoms with Crippen LogP contribution in [0.4, 0.5) is 5.69 Å². The number of benzene rings is 2. The van der Waals surface area contributed by atoms with Gasteiger partial charge >= 0.3 is 0 Å². The Balaban J connectivity index is 1.55. The quantitative estimate of drug-likeness (QED) is 0.604. The van der Waals surface area contributed by atoms with E-state index in [-0.39, 0.29) is 18.0 Å². The average Bonchev–Trinajstić information content (AvgIpc) is 3.26. The molecule has 1 aliphatic heterocycles. The van der Waals surface area contributed by atoms with Crippen LogP contribution in [0.2, 0.25) is 0 Å². The van der Waals surface area contributed by atoms with E-state index in [1.165, 1.54) is 12.3 Å². The van der Waals surface area contributed by atoms with E-state index in [0.29, 0.717) is 36.2 Å². The second kappa shape index (κ2) is 8.83. The standard InChI is InChI=1S/C22H22N2O6S/c1-16-4-2-6-19(12-16)31(26,27)24(14-18-5-3-9-28-18)15-22(25)23-17-7-8-20-21(13-17)30-11-10-29-20/h2-9,12-13H,10-11,14-15H2,1H3,(H,23,25). The highest BCUT2D eigenvalue weighted by atomic mass is 32.2. The van der Waals surface area contributed by atoms with Gasteiger partial charge in [0.2, 0.25) is 15.9 Å². The molecule has 8 nitrogen and oxygen atoms in total. The molecule has 1 N–H and O–H groups in total. The molecule has 0 atom stereocenters. The number of nitrogens with one attached hydrogen (secondary N) is 1. The maximum Gasteiger partial charge on any atom is 0.243 e. The number of hydrogen-bond acceptors (Lipinski definition) is 6. The summed E-state index contributed by atoms with van der Waals surface area (Å²) in [5.74, 6) is 1.08. The minimum atomic E-state index is -3.93. The Kier molecular flexibility index (Phi) is 5.97. The Morgan fingerprint density at radius 3 is 2.58 bits per heavy atom. The molecule has 3 aromatic rings. The van der Waals surface area contributed by atoms with Crippen molar-refractivity contribution in [1.82, 2.24) is 4.31 Å². The van der Waals surface area contributed by atoms with E-state index in [4.69, 9.17) is 13.9 Å². The van der Waals surface area contributed by atoms with Crippen LogP contribution in [-0.2, 0) is 21.4 Å². The van der Waals surface area contributed by atoms with E-state index < -0.39 is 15.9 Å². The third-order valence-electron chi connectivity index (χ3n) is 4.69. The van der Waals surface area contributed by atoms with Gasteiger partial charge in [0.1, 0.15) is 19.0 Å². The molecular formula is C22H22N2O6S. The fraction of sp³-hybridized carbons (Fsp3) is 0.227. The van der Waals surface area contributed by atoms with Gasteiger partial charge in [0.05, 0.1) is 24.2 Å². The fourth-order valence-corrected chi connectivity index (χ4v) is 4.68. The van der Waals surface area contributed by atoms with Gasteiger partial charge in [-0.25, -0.2) is 8.42 Å². The van der Waals surface area contributed by atoms with Crippen molar-refractivity contribution in [2.24, 2.45) is 0 Å². The minimum Gasteiger partial charge on any atom is -0.486 e. The number of ether oxygens (including phenoxy) is 2. The maximum atomic E-state index is 13.3. The zero-order valence-corrected chi connectivity index (χ0v) is 17.7. The maximum absolute atomic E-state index is 13.3. The van der Waals surface area contributed by atoms with Crippen molar-refractivity contribution < 1.29 is 27.1 Å². The topological polar surface area (TPSA) is 98.1 Å². The van der Waals surface area contributed by atoms with E-state index >= 15 is 0 Å². The molecule has 0 unspecified atom stereocenters. The first-order valence-electron chi connectivity index (χ1n) is 9.70. The summed E-state index contributed by atoms with van der Waals surface area (Å²) in [7, 11) is -3.93. The molecule has 1 aromatic heterocycles. The number of rotatable bonds is 7. The lowest BCUT2D eigenvalue weighted by molar-refractivity contribution is -0.116. The monoisotopic (exact) mass is 442 g/mol. The van der Waals surface area contributed by atoms with E-state index in [1.807, 2.05) is 13.0 Å². The molecule has 1 amide bonds. The second-order valence-corrected chi connectivity index (χ2v) is 9.01. The van der Waals surface area contributed by atoms with Crippen molar-refractivity contribution in [3.63, 3.8) is 0 Å². The van der Waals surface area contributed by atoms with Crippen LogP contribution in [0.1, 0.15) is 11.3 Å². The summed E-state index contributed by atoms with van der Waals surface area (Å²) in [6.07, 6.45) is 1.46. The predicted octanol–water partition coefficient (Wildman–Crippen LogP) is 3.19. The van der Waals surface area contributed by atoms with Gasteiger partial charge in [-0.2, -0.15) is 4.31 Å². The Morgan fingerprint density at radius 1 is 1.03 bits per heavy atom. The fourth-order valence-electron chi connectivity index (χ4n) is 3.21. The number of nitrogens with zero attached hydrogens (tertiary/aromatic N) is 1. The first-order valence-corrected chi connectivity index (χ1v) is 11.1. The highest BCUT2D eigenvalue weighted by Gasteiger charge is 2.28. The number of furan rings is 1. The second-order valence-electron chi connectivity index (χ2n) is 7.08. The lowest BCUT2D eigenvalue weighted by Gasteiger charge is -2.22. The molecule has 1 aliphatic rings. The van der Waals surface area contributed by atoms with E-state index in [0.717, 1.165) is 9.87 Å². The zero-order chi connectivity index (χ0) is 21.8. The number of hydrogen-bond donors (Lipinski definition) is 1. The van der Waals surface area contributed by atoms with Crippen LogP contribution < -0.4 is 14.8 Å². The first kappa shape index (κ1) is 21.0. The third-order valence-corrected chi connectivity index (χ3v) is 6.47. The number of carbonyl (C=O) groups is 1. The van der Waals surface area contributed by atoms with Gasteiger partial charge in [-0.15, -0.1) is 0 Å². The Morgan fingerprint density at radius 2 is 1.84 bits per heavy atom. The summed E-state index contributed by atoms with van der Waals surface area (Å²) in [5, 5.41) is 2.73.